The molecule has 35 heavy (non-hydrogen) atoms. The number of fused-ring (bicyclic) bond motifs is 3. The SMILES string of the molecule is Cc1ccc2c(c1)C(c1ccc(C(C)(C)C)cc1)(c1ccc(C(C)(C)C)cc1)c1cc(C)ccc1-2. The van der Waals surface area contributed by atoms with E-state index >= 15 is 0 Å². The number of rotatable bonds is 2. The lowest BCUT2D eigenvalue weighted by Crippen LogP contribution is -2.29. The Labute approximate surface area is 212 Å². The maximum atomic E-state index is 2.42. The van der Waals surface area contributed by atoms with Gasteiger partial charge in [-0.2, -0.15) is 0 Å². The molecule has 0 N–H and O–H groups in total. The summed E-state index contributed by atoms with van der Waals surface area (Å²) in [5, 5.41) is 0. The summed E-state index contributed by atoms with van der Waals surface area (Å²) < 4.78 is 0. The summed E-state index contributed by atoms with van der Waals surface area (Å²) in [6, 6.07) is 32.9. The fourth-order valence-electron chi connectivity index (χ4n) is 5.78. The Hall–Kier alpha value is -3.12. The van der Waals surface area contributed by atoms with Gasteiger partial charge in [-0.3, -0.25) is 0 Å². The molecular formula is C35H38. The zero-order valence-electron chi connectivity index (χ0n) is 22.6. The van der Waals surface area contributed by atoms with Crippen LogP contribution in [0.25, 0.3) is 11.1 Å². The molecule has 0 spiro atoms. The predicted molar refractivity (Wildman–Crippen MR) is 151 cm³/mol. The Morgan fingerprint density at radius 1 is 0.457 bits per heavy atom. The quantitative estimate of drug-likeness (QED) is 0.247. The summed E-state index contributed by atoms with van der Waals surface area (Å²) in [4.78, 5) is 0. The van der Waals surface area contributed by atoms with Crippen LogP contribution >= 0.6 is 0 Å². The Morgan fingerprint density at radius 3 is 1.11 bits per heavy atom. The third-order valence-electron chi connectivity index (χ3n) is 7.82. The molecule has 178 valence electrons. The first-order chi connectivity index (χ1) is 16.4. The minimum absolute atomic E-state index is 0.124. The first-order valence-corrected chi connectivity index (χ1v) is 12.9. The van der Waals surface area contributed by atoms with Crippen molar-refractivity contribution in [1.82, 2.24) is 0 Å². The van der Waals surface area contributed by atoms with Crippen LogP contribution in [0.1, 0.15) is 86.1 Å². The van der Waals surface area contributed by atoms with Crippen LogP contribution in [0.5, 0.6) is 0 Å². The second-order valence-electron chi connectivity index (χ2n) is 12.5. The molecule has 0 aromatic heterocycles. The molecule has 0 bridgehead atoms. The summed E-state index contributed by atoms with van der Waals surface area (Å²) in [6.07, 6.45) is 0. The van der Waals surface area contributed by atoms with Gasteiger partial charge in [0.05, 0.1) is 5.41 Å². The summed E-state index contributed by atoms with van der Waals surface area (Å²) in [6.45, 7) is 18.2. The molecule has 0 radical (unpaired) electrons. The third-order valence-corrected chi connectivity index (χ3v) is 7.82. The Balaban J connectivity index is 1.87. The lowest BCUT2D eigenvalue weighted by Gasteiger charge is -2.35. The van der Waals surface area contributed by atoms with E-state index in [1.165, 1.54) is 55.6 Å². The van der Waals surface area contributed by atoms with E-state index in [0.29, 0.717) is 0 Å². The molecular weight excluding hydrogens is 420 g/mol. The molecule has 0 atom stereocenters. The largest absolute Gasteiger partial charge is 0.0713 e. The second kappa shape index (κ2) is 7.95. The van der Waals surface area contributed by atoms with Gasteiger partial charge >= 0.3 is 0 Å². The van der Waals surface area contributed by atoms with Gasteiger partial charge in [-0.1, -0.05) is 138 Å². The van der Waals surface area contributed by atoms with Crippen molar-refractivity contribution in [1.29, 1.82) is 0 Å². The molecule has 4 aromatic rings. The van der Waals surface area contributed by atoms with Crippen molar-refractivity contribution in [2.24, 2.45) is 0 Å². The topological polar surface area (TPSA) is 0 Å². The van der Waals surface area contributed by atoms with E-state index in [-0.39, 0.29) is 16.2 Å². The Kier molecular flexibility index (Phi) is 5.37. The molecule has 5 rings (SSSR count). The zero-order chi connectivity index (χ0) is 25.2. The molecule has 0 nitrogen and oxygen atoms in total. The summed E-state index contributed by atoms with van der Waals surface area (Å²) in [5.74, 6) is 0. The number of aryl methyl sites for hydroxylation is 2. The molecule has 0 heterocycles. The van der Waals surface area contributed by atoms with Crippen molar-refractivity contribution in [2.45, 2.75) is 71.6 Å². The molecule has 0 aliphatic heterocycles. The smallest absolute Gasteiger partial charge is 0.0587 e. The molecule has 0 saturated heterocycles. The first-order valence-electron chi connectivity index (χ1n) is 12.9. The van der Waals surface area contributed by atoms with Gasteiger partial charge in [-0.05, 0) is 69.2 Å². The van der Waals surface area contributed by atoms with Crippen molar-refractivity contribution in [2.75, 3.05) is 0 Å². The zero-order valence-corrected chi connectivity index (χ0v) is 22.6. The normalized spacial score (nSPS) is 14.5. The highest BCUT2D eigenvalue weighted by molar-refractivity contribution is 5.86. The van der Waals surface area contributed by atoms with Crippen LogP contribution in [0.2, 0.25) is 0 Å². The van der Waals surface area contributed by atoms with Crippen molar-refractivity contribution in [3.63, 3.8) is 0 Å². The van der Waals surface area contributed by atoms with Gasteiger partial charge in [0.1, 0.15) is 0 Å². The van der Waals surface area contributed by atoms with Crippen molar-refractivity contribution >= 4 is 0 Å². The van der Waals surface area contributed by atoms with Crippen LogP contribution < -0.4 is 0 Å². The van der Waals surface area contributed by atoms with Gasteiger partial charge < -0.3 is 0 Å². The predicted octanol–water partition coefficient (Wildman–Crippen LogP) is 9.26. The maximum Gasteiger partial charge on any atom is 0.0713 e. The lowest BCUT2D eigenvalue weighted by molar-refractivity contribution is 0.588. The third kappa shape index (κ3) is 3.75. The van der Waals surface area contributed by atoms with E-state index in [2.05, 4.69) is 140 Å². The van der Waals surface area contributed by atoms with E-state index in [9.17, 15) is 0 Å². The summed E-state index contributed by atoms with van der Waals surface area (Å²) >= 11 is 0. The molecule has 1 aliphatic rings. The van der Waals surface area contributed by atoms with E-state index < -0.39 is 0 Å². The highest BCUT2D eigenvalue weighted by atomic mass is 14.5. The van der Waals surface area contributed by atoms with E-state index in [0.717, 1.165) is 0 Å². The van der Waals surface area contributed by atoms with Crippen LogP contribution in [-0.2, 0) is 16.2 Å². The molecule has 0 heteroatoms. The van der Waals surface area contributed by atoms with E-state index in [1.54, 1.807) is 0 Å². The van der Waals surface area contributed by atoms with Crippen LogP contribution in [0, 0.1) is 13.8 Å². The van der Waals surface area contributed by atoms with Crippen molar-refractivity contribution in [3.05, 3.63) is 129 Å². The van der Waals surface area contributed by atoms with Crippen LogP contribution in [-0.4, -0.2) is 0 Å². The fourth-order valence-corrected chi connectivity index (χ4v) is 5.78. The van der Waals surface area contributed by atoms with Gasteiger partial charge in [0, 0.05) is 0 Å². The van der Waals surface area contributed by atoms with Gasteiger partial charge in [0.15, 0.2) is 0 Å². The van der Waals surface area contributed by atoms with Gasteiger partial charge in [0.25, 0.3) is 0 Å². The highest BCUT2D eigenvalue weighted by Crippen LogP contribution is 2.56. The lowest BCUT2D eigenvalue weighted by atomic mass is 9.66. The van der Waals surface area contributed by atoms with Crippen molar-refractivity contribution in [3.8, 4) is 11.1 Å². The van der Waals surface area contributed by atoms with Crippen molar-refractivity contribution < 1.29 is 0 Å². The monoisotopic (exact) mass is 458 g/mol. The van der Waals surface area contributed by atoms with Crippen LogP contribution in [0.4, 0.5) is 0 Å². The summed E-state index contributed by atoms with van der Waals surface area (Å²) in [5.41, 5.74) is 13.4. The molecule has 0 amide bonds. The van der Waals surface area contributed by atoms with E-state index in [1.807, 2.05) is 0 Å². The minimum Gasteiger partial charge on any atom is -0.0587 e. The van der Waals surface area contributed by atoms with Crippen LogP contribution in [0.3, 0.4) is 0 Å². The Bertz CT molecular complexity index is 1270. The standard InChI is InChI=1S/C35H38/c1-23-9-19-29-30-20-10-24(2)22-32(30)35(31(29)21-23,27-15-11-25(12-16-27)33(3,4)5)28-17-13-26(14-18-28)34(6,7)8/h9-22H,1-8H3. The molecule has 1 aliphatic carbocycles. The second-order valence-corrected chi connectivity index (χ2v) is 12.5. The van der Waals surface area contributed by atoms with Gasteiger partial charge in [-0.15, -0.1) is 0 Å². The number of benzene rings is 4. The van der Waals surface area contributed by atoms with E-state index in [4.69, 9.17) is 0 Å². The minimum atomic E-state index is -0.338. The molecule has 4 aromatic carbocycles. The maximum absolute atomic E-state index is 2.42. The summed E-state index contributed by atoms with van der Waals surface area (Å²) in [7, 11) is 0. The molecule has 0 fully saturated rings. The number of hydrogen-bond donors (Lipinski definition) is 0. The van der Waals surface area contributed by atoms with Crippen LogP contribution in [0.15, 0.2) is 84.9 Å². The highest BCUT2D eigenvalue weighted by Gasteiger charge is 2.46. The molecule has 0 saturated carbocycles. The average molecular weight is 459 g/mol. The van der Waals surface area contributed by atoms with Gasteiger partial charge in [0.2, 0.25) is 0 Å². The number of hydrogen-bond acceptors (Lipinski definition) is 0. The first kappa shape index (κ1) is 23.6. The fraction of sp³-hybridized carbons (Fsp3) is 0.314. The Morgan fingerprint density at radius 2 is 0.800 bits per heavy atom. The average Bonchev–Trinajstić information content (AvgIpc) is 3.07. The van der Waals surface area contributed by atoms with Gasteiger partial charge in [-0.25, -0.2) is 0 Å². The molecule has 0 unspecified atom stereocenters.